The van der Waals surface area contributed by atoms with E-state index < -0.39 is 0 Å². The number of hydrogen-bond donors (Lipinski definition) is 0. The van der Waals surface area contributed by atoms with Gasteiger partial charge in [0.2, 0.25) is 0 Å². The Labute approximate surface area is 55.4 Å². The molecule has 9 heavy (non-hydrogen) atoms. The molecule has 50 valence electrons. The van der Waals surface area contributed by atoms with Crippen LogP contribution in [-0.2, 0) is 4.79 Å². The molecule has 0 aromatic heterocycles. The first-order chi connectivity index (χ1) is 4.40. The predicted molar refractivity (Wildman–Crippen MR) is 35.0 cm³/mol. The van der Waals surface area contributed by atoms with Gasteiger partial charge in [-0.2, -0.15) is 0 Å². The molecule has 0 aliphatic heterocycles. The topological polar surface area (TPSA) is 17.1 Å². The number of fused-ring (bicyclic) bond motifs is 1. The molecule has 2 fully saturated rings. The number of rotatable bonds is 2. The highest BCUT2D eigenvalue weighted by atomic mass is 16.1. The minimum absolute atomic E-state index is 0.770. The molecular weight excluding hydrogens is 112 g/mol. The zero-order valence-corrected chi connectivity index (χ0v) is 5.55. The Morgan fingerprint density at radius 3 is 2.44 bits per heavy atom. The summed E-state index contributed by atoms with van der Waals surface area (Å²) in [6, 6.07) is 0. The van der Waals surface area contributed by atoms with Crippen molar-refractivity contribution < 1.29 is 4.79 Å². The van der Waals surface area contributed by atoms with Crippen LogP contribution in [-0.4, -0.2) is 6.29 Å². The van der Waals surface area contributed by atoms with Crippen LogP contribution in [0.3, 0.4) is 0 Å². The van der Waals surface area contributed by atoms with Gasteiger partial charge in [0.25, 0.3) is 0 Å². The lowest BCUT2D eigenvalue weighted by molar-refractivity contribution is -0.108. The van der Waals surface area contributed by atoms with Crippen molar-refractivity contribution in [2.75, 3.05) is 0 Å². The van der Waals surface area contributed by atoms with Crippen LogP contribution < -0.4 is 0 Å². The van der Waals surface area contributed by atoms with Crippen molar-refractivity contribution in [3.05, 3.63) is 0 Å². The number of carbonyl (C=O) groups excluding carboxylic acids is 1. The van der Waals surface area contributed by atoms with Crippen molar-refractivity contribution in [2.24, 2.45) is 17.8 Å². The molecule has 2 unspecified atom stereocenters. The predicted octanol–water partition coefficient (Wildman–Crippen LogP) is 1.62. The standard InChI is InChI=1S/C8H12O/c9-2-1-6-3-7-5-8(7)4-6/h2,6-8H,1,3-5H2. The summed E-state index contributed by atoms with van der Waals surface area (Å²) in [6.07, 6.45) is 6.07. The van der Waals surface area contributed by atoms with Crippen LogP contribution in [0.4, 0.5) is 0 Å². The number of hydrogen-bond acceptors (Lipinski definition) is 1. The molecule has 0 bridgehead atoms. The van der Waals surface area contributed by atoms with Crippen LogP contribution >= 0.6 is 0 Å². The molecule has 2 rings (SSSR count). The summed E-state index contributed by atoms with van der Waals surface area (Å²) < 4.78 is 0. The van der Waals surface area contributed by atoms with Crippen LogP contribution in [0.1, 0.15) is 25.7 Å². The van der Waals surface area contributed by atoms with Crippen LogP contribution in [0.15, 0.2) is 0 Å². The van der Waals surface area contributed by atoms with Gasteiger partial charge in [0.1, 0.15) is 6.29 Å². The Hall–Kier alpha value is -0.330. The zero-order valence-electron chi connectivity index (χ0n) is 5.55. The van der Waals surface area contributed by atoms with Crippen LogP contribution in [0.25, 0.3) is 0 Å². The van der Waals surface area contributed by atoms with Gasteiger partial charge in [0.05, 0.1) is 0 Å². The Morgan fingerprint density at radius 2 is 1.89 bits per heavy atom. The summed E-state index contributed by atoms with van der Waals surface area (Å²) in [6.45, 7) is 0. The van der Waals surface area contributed by atoms with E-state index in [4.69, 9.17) is 0 Å². The average Bonchev–Trinajstić information content (AvgIpc) is 2.42. The van der Waals surface area contributed by atoms with E-state index in [9.17, 15) is 4.79 Å². The SMILES string of the molecule is O=CCC1CC2CC2C1. The summed E-state index contributed by atoms with van der Waals surface area (Å²) in [5, 5.41) is 0. The maximum atomic E-state index is 10.1. The quantitative estimate of drug-likeness (QED) is 0.511. The smallest absolute Gasteiger partial charge is 0.120 e. The number of aldehydes is 1. The van der Waals surface area contributed by atoms with Gasteiger partial charge in [-0.25, -0.2) is 0 Å². The van der Waals surface area contributed by atoms with Crippen molar-refractivity contribution in [3.63, 3.8) is 0 Å². The Bertz CT molecular complexity index is 121. The summed E-state index contributed by atoms with van der Waals surface area (Å²) in [7, 11) is 0. The van der Waals surface area contributed by atoms with Crippen molar-refractivity contribution >= 4 is 6.29 Å². The fourth-order valence-electron chi connectivity index (χ4n) is 2.17. The Balaban J connectivity index is 1.83. The highest BCUT2D eigenvalue weighted by Gasteiger charge is 2.45. The maximum Gasteiger partial charge on any atom is 0.120 e. The van der Waals surface area contributed by atoms with Gasteiger partial charge in [-0.3, -0.25) is 0 Å². The second-order valence-corrected chi connectivity index (χ2v) is 3.50. The third kappa shape index (κ3) is 0.887. The van der Waals surface area contributed by atoms with Crippen molar-refractivity contribution in [1.82, 2.24) is 0 Å². The number of carbonyl (C=O) groups is 1. The van der Waals surface area contributed by atoms with Crippen LogP contribution in [0.2, 0.25) is 0 Å². The first kappa shape index (κ1) is 5.45. The second kappa shape index (κ2) is 1.83. The third-order valence-corrected chi connectivity index (χ3v) is 2.77. The fourth-order valence-corrected chi connectivity index (χ4v) is 2.17. The van der Waals surface area contributed by atoms with E-state index in [1.807, 2.05) is 0 Å². The first-order valence-corrected chi connectivity index (χ1v) is 3.84. The van der Waals surface area contributed by atoms with Gasteiger partial charge in [-0.1, -0.05) is 0 Å². The summed E-state index contributed by atoms with van der Waals surface area (Å²) in [4.78, 5) is 10.1. The molecule has 0 heterocycles. The van der Waals surface area contributed by atoms with Gasteiger partial charge >= 0.3 is 0 Å². The van der Waals surface area contributed by atoms with Crippen molar-refractivity contribution in [2.45, 2.75) is 25.7 Å². The molecule has 2 aliphatic rings. The summed E-state index contributed by atoms with van der Waals surface area (Å²) in [5.74, 6) is 2.84. The zero-order chi connectivity index (χ0) is 6.27. The van der Waals surface area contributed by atoms with Gasteiger partial charge in [-0.05, 0) is 37.0 Å². The van der Waals surface area contributed by atoms with Crippen LogP contribution in [0.5, 0.6) is 0 Å². The second-order valence-electron chi connectivity index (χ2n) is 3.50. The molecule has 0 amide bonds. The van der Waals surface area contributed by atoms with E-state index in [2.05, 4.69) is 0 Å². The van der Waals surface area contributed by atoms with E-state index in [-0.39, 0.29) is 0 Å². The third-order valence-electron chi connectivity index (χ3n) is 2.77. The van der Waals surface area contributed by atoms with E-state index >= 15 is 0 Å². The van der Waals surface area contributed by atoms with Crippen molar-refractivity contribution in [1.29, 1.82) is 0 Å². The molecular formula is C8H12O. The largest absolute Gasteiger partial charge is 0.303 e. The lowest BCUT2D eigenvalue weighted by Gasteiger charge is -2.04. The Morgan fingerprint density at radius 1 is 1.22 bits per heavy atom. The minimum Gasteiger partial charge on any atom is -0.303 e. The molecule has 0 spiro atoms. The van der Waals surface area contributed by atoms with E-state index in [1.54, 1.807) is 0 Å². The van der Waals surface area contributed by atoms with Crippen molar-refractivity contribution in [3.8, 4) is 0 Å². The highest BCUT2D eigenvalue weighted by Crippen LogP contribution is 2.54. The molecule has 0 aromatic carbocycles. The molecule has 1 heteroatoms. The van der Waals surface area contributed by atoms with E-state index in [1.165, 1.54) is 19.3 Å². The molecule has 0 aromatic rings. The van der Waals surface area contributed by atoms with Crippen LogP contribution in [0, 0.1) is 17.8 Å². The van der Waals surface area contributed by atoms with Gasteiger partial charge in [0.15, 0.2) is 0 Å². The van der Waals surface area contributed by atoms with Gasteiger partial charge < -0.3 is 4.79 Å². The normalized spacial score (nSPS) is 46.4. The monoisotopic (exact) mass is 124 g/mol. The molecule has 0 radical (unpaired) electrons. The van der Waals surface area contributed by atoms with E-state index in [0.29, 0.717) is 0 Å². The maximum absolute atomic E-state index is 10.1. The van der Waals surface area contributed by atoms with E-state index in [0.717, 1.165) is 30.5 Å². The molecule has 0 saturated heterocycles. The summed E-state index contributed by atoms with van der Waals surface area (Å²) in [5.41, 5.74) is 0. The molecule has 2 aliphatic carbocycles. The molecule has 2 saturated carbocycles. The lowest BCUT2D eigenvalue weighted by atomic mass is 10.0. The average molecular weight is 124 g/mol. The highest BCUT2D eigenvalue weighted by molar-refractivity contribution is 5.49. The first-order valence-electron chi connectivity index (χ1n) is 3.84. The fraction of sp³-hybridized carbons (Fsp3) is 0.875. The van der Waals surface area contributed by atoms with Gasteiger partial charge in [-0.15, -0.1) is 0 Å². The minimum atomic E-state index is 0.770. The van der Waals surface area contributed by atoms with Gasteiger partial charge in [0, 0.05) is 6.42 Å². The summed E-state index contributed by atoms with van der Waals surface area (Å²) >= 11 is 0. The molecule has 2 atom stereocenters. The Kier molecular flexibility index (Phi) is 1.11. The molecule has 1 nitrogen and oxygen atoms in total. The molecule has 0 N–H and O–H groups in total. The lowest BCUT2D eigenvalue weighted by Crippen LogP contribution is -1.96.